The maximum atomic E-state index is 5.86. The van der Waals surface area contributed by atoms with E-state index in [2.05, 4.69) is 5.48 Å². The molecule has 0 spiro atoms. The van der Waals surface area contributed by atoms with Gasteiger partial charge in [0.15, 0.2) is 0 Å². The maximum Gasteiger partial charge on any atom is 0.0572 e. The van der Waals surface area contributed by atoms with Gasteiger partial charge in [0.25, 0.3) is 0 Å². The van der Waals surface area contributed by atoms with Gasteiger partial charge in [-0.1, -0.05) is 23.7 Å². The van der Waals surface area contributed by atoms with Crippen LogP contribution in [0.3, 0.4) is 0 Å². The van der Waals surface area contributed by atoms with E-state index < -0.39 is 0 Å². The molecule has 3 heteroatoms. The first-order chi connectivity index (χ1) is 5.74. The van der Waals surface area contributed by atoms with Crippen LogP contribution < -0.4 is 5.48 Å². The molecule has 0 aromatic heterocycles. The highest BCUT2D eigenvalue weighted by molar-refractivity contribution is 6.31. The minimum Gasteiger partial charge on any atom is -0.305 e. The van der Waals surface area contributed by atoms with Gasteiger partial charge in [-0.05, 0) is 24.1 Å². The molecule has 0 aliphatic rings. The lowest BCUT2D eigenvalue weighted by Crippen LogP contribution is -2.10. The molecule has 0 radical (unpaired) electrons. The average Bonchev–Trinajstić information content (AvgIpc) is 2.07. The number of rotatable bonds is 3. The molecule has 0 unspecified atom stereocenters. The molecule has 0 aliphatic carbocycles. The Kier molecular flexibility index (Phi) is 3.53. The Morgan fingerprint density at radius 1 is 1.50 bits per heavy atom. The third-order valence-electron chi connectivity index (χ3n) is 1.64. The Morgan fingerprint density at radius 2 is 2.25 bits per heavy atom. The van der Waals surface area contributed by atoms with E-state index in [0.717, 1.165) is 10.6 Å². The highest BCUT2D eigenvalue weighted by Crippen LogP contribution is 2.15. The van der Waals surface area contributed by atoms with Crippen LogP contribution >= 0.6 is 11.6 Å². The van der Waals surface area contributed by atoms with E-state index in [1.807, 2.05) is 25.1 Å². The van der Waals surface area contributed by atoms with Gasteiger partial charge in [-0.25, -0.2) is 0 Å². The molecule has 1 N–H and O–H groups in total. The maximum absolute atomic E-state index is 5.86. The molecule has 0 amide bonds. The van der Waals surface area contributed by atoms with Gasteiger partial charge in [0, 0.05) is 11.6 Å². The molecule has 0 fully saturated rings. The van der Waals surface area contributed by atoms with Crippen LogP contribution in [0.25, 0.3) is 0 Å². The van der Waals surface area contributed by atoms with Crippen molar-refractivity contribution < 1.29 is 4.84 Å². The fourth-order valence-corrected chi connectivity index (χ4v) is 1.09. The molecule has 12 heavy (non-hydrogen) atoms. The van der Waals surface area contributed by atoms with E-state index in [9.17, 15) is 0 Å². The first kappa shape index (κ1) is 9.52. The van der Waals surface area contributed by atoms with E-state index >= 15 is 0 Å². The summed E-state index contributed by atoms with van der Waals surface area (Å²) >= 11 is 5.86. The Hall–Kier alpha value is -0.570. The second-order valence-electron chi connectivity index (χ2n) is 2.61. The summed E-state index contributed by atoms with van der Waals surface area (Å²) in [6.45, 7) is 2.69. The van der Waals surface area contributed by atoms with Crippen LogP contribution in [0.5, 0.6) is 0 Å². The quantitative estimate of drug-likeness (QED) is 0.730. The highest BCUT2D eigenvalue weighted by Gasteiger charge is 1.96. The zero-order chi connectivity index (χ0) is 8.97. The molecule has 66 valence electrons. The number of hydrogen-bond acceptors (Lipinski definition) is 2. The summed E-state index contributed by atoms with van der Waals surface area (Å²) < 4.78 is 0. The predicted molar refractivity (Wildman–Crippen MR) is 50.0 cm³/mol. The van der Waals surface area contributed by atoms with Crippen LogP contribution in [0.2, 0.25) is 5.02 Å². The van der Waals surface area contributed by atoms with Crippen LogP contribution in [0.4, 0.5) is 0 Å². The lowest BCUT2D eigenvalue weighted by molar-refractivity contribution is 0.0867. The molecule has 0 saturated carbocycles. The van der Waals surface area contributed by atoms with E-state index in [1.54, 1.807) is 7.11 Å². The van der Waals surface area contributed by atoms with Crippen molar-refractivity contribution in [2.75, 3.05) is 7.11 Å². The molecule has 1 rings (SSSR count). The van der Waals surface area contributed by atoms with E-state index in [0.29, 0.717) is 6.54 Å². The van der Waals surface area contributed by atoms with Gasteiger partial charge in [-0.3, -0.25) is 0 Å². The summed E-state index contributed by atoms with van der Waals surface area (Å²) in [5.41, 5.74) is 5.02. The molecule has 2 nitrogen and oxygen atoms in total. The summed E-state index contributed by atoms with van der Waals surface area (Å²) in [7, 11) is 1.60. The number of halogens is 1. The van der Waals surface area contributed by atoms with Crippen molar-refractivity contribution in [2.24, 2.45) is 0 Å². The second-order valence-corrected chi connectivity index (χ2v) is 3.02. The normalized spacial score (nSPS) is 10.2. The number of aryl methyl sites for hydroxylation is 1. The molecule has 0 bridgehead atoms. The minimum atomic E-state index is 0.703. The monoisotopic (exact) mass is 185 g/mol. The summed E-state index contributed by atoms with van der Waals surface area (Å²) in [6.07, 6.45) is 0. The Labute approximate surface area is 77.4 Å². The highest BCUT2D eigenvalue weighted by atomic mass is 35.5. The smallest absolute Gasteiger partial charge is 0.0572 e. The first-order valence-corrected chi connectivity index (χ1v) is 4.12. The van der Waals surface area contributed by atoms with Crippen molar-refractivity contribution >= 4 is 11.6 Å². The molecule has 0 atom stereocenters. The van der Waals surface area contributed by atoms with Gasteiger partial charge in [0.05, 0.1) is 7.11 Å². The molecule has 0 aliphatic heterocycles. The standard InChI is InChI=1S/C9H12ClNO/c1-7-5-8(6-11-12-2)3-4-9(7)10/h3-5,11H,6H2,1-2H3. The molecular weight excluding hydrogens is 174 g/mol. The zero-order valence-corrected chi connectivity index (χ0v) is 7.98. The number of hydroxylamine groups is 1. The predicted octanol–water partition coefficient (Wildman–Crippen LogP) is 2.30. The van der Waals surface area contributed by atoms with Crippen LogP contribution in [0.15, 0.2) is 18.2 Å². The Balaban J connectivity index is 2.69. The zero-order valence-electron chi connectivity index (χ0n) is 7.23. The summed E-state index contributed by atoms with van der Waals surface area (Å²) in [4.78, 5) is 4.73. The lowest BCUT2D eigenvalue weighted by atomic mass is 10.1. The van der Waals surface area contributed by atoms with Crippen molar-refractivity contribution in [3.63, 3.8) is 0 Å². The van der Waals surface area contributed by atoms with Gasteiger partial charge in [-0.2, -0.15) is 5.48 Å². The van der Waals surface area contributed by atoms with Crippen LogP contribution in [-0.2, 0) is 11.4 Å². The molecule has 1 aromatic rings. The fraction of sp³-hybridized carbons (Fsp3) is 0.333. The topological polar surface area (TPSA) is 21.3 Å². The van der Waals surface area contributed by atoms with E-state index in [4.69, 9.17) is 16.4 Å². The SMILES string of the molecule is CONCc1ccc(Cl)c(C)c1. The van der Waals surface area contributed by atoms with Crippen molar-refractivity contribution in [1.82, 2.24) is 5.48 Å². The van der Waals surface area contributed by atoms with E-state index in [1.165, 1.54) is 5.56 Å². The summed E-state index contributed by atoms with van der Waals surface area (Å²) in [5, 5.41) is 0.802. The third-order valence-corrected chi connectivity index (χ3v) is 2.07. The van der Waals surface area contributed by atoms with Crippen LogP contribution in [-0.4, -0.2) is 7.11 Å². The summed E-state index contributed by atoms with van der Waals surface area (Å²) in [6, 6.07) is 5.90. The second kappa shape index (κ2) is 4.45. The van der Waals surface area contributed by atoms with Gasteiger partial charge in [0.2, 0.25) is 0 Å². The number of hydrogen-bond donors (Lipinski definition) is 1. The minimum absolute atomic E-state index is 0.703. The molecule has 0 heterocycles. The van der Waals surface area contributed by atoms with Crippen molar-refractivity contribution in [3.8, 4) is 0 Å². The first-order valence-electron chi connectivity index (χ1n) is 3.75. The van der Waals surface area contributed by atoms with Gasteiger partial charge in [0.1, 0.15) is 0 Å². The summed E-state index contributed by atoms with van der Waals surface area (Å²) in [5.74, 6) is 0. The number of nitrogens with one attached hydrogen (secondary N) is 1. The van der Waals surface area contributed by atoms with Gasteiger partial charge >= 0.3 is 0 Å². The van der Waals surface area contributed by atoms with Gasteiger partial charge in [-0.15, -0.1) is 0 Å². The number of benzene rings is 1. The largest absolute Gasteiger partial charge is 0.305 e. The van der Waals surface area contributed by atoms with Crippen molar-refractivity contribution in [3.05, 3.63) is 34.3 Å². The molecule has 0 saturated heterocycles. The Morgan fingerprint density at radius 3 is 2.83 bits per heavy atom. The third kappa shape index (κ3) is 2.48. The van der Waals surface area contributed by atoms with Crippen LogP contribution in [0.1, 0.15) is 11.1 Å². The Bertz CT molecular complexity index is 263. The molecular formula is C9H12ClNO. The van der Waals surface area contributed by atoms with E-state index in [-0.39, 0.29) is 0 Å². The van der Waals surface area contributed by atoms with Crippen molar-refractivity contribution in [2.45, 2.75) is 13.5 Å². The average molecular weight is 186 g/mol. The molecule has 1 aromatic carbocycles. The van der Waals surface area contributed by atoms with Crippen LogP contribution in [0, 0.1) is 6.92 Å². The van der Waals surface area contributed by atoms with Crippen molar-refractivity contribution in [1.29, 1.82) is 0 Å². The fourth-order valence-electron chi connectivity index (χ4n) is 0.972. The lowest BCUT2D eigenvalue weighted by Gasteiger charge is -2.03. The van der Waals surface area contributed by atoms with Gasteiger partial charge < -0.3 is 4.84 Å².